The third-order valence-electron chi connectivity index (χ3n) is 4.97. The van der Waals surface area contributed by atoms with E-state index in [1.807, 2.05) is 0 Å². The Labute approximate surface area is 161 Å². The molecule has 142 valence electrons. The highest BCUT2D eigenvalue weighted by atomic mass is 16.5. The third kappa shape index (κ3) is 3.15. The first-order valence-electron chi connectivity index (χ1n) is 9.03. The molecule has 0 aliphatic carbocycles. The summed E-state index contributed by atoms with van der Waals surface area (Å²) < 4.78 is 5.37. The first-order valence-corrected chi connectivity index (χ1v) is 9.03. The van der Waals surface area contributed by atoms with Crippen molar-refractivity contribution in [2.75, 3.05) is 11.4 Å². The van der Waals surface area contributed by atoms with Gasteiger partial charge in [0.2, 0.25) is 11.7 Å². The molecule has 0 radical (unpaired) electrons. The average molecular weight is 377 g/mol. The molecule has 1 aliphatic heterocycles. The van der Waals surface area contributed by atoms with Crippen LogP contribution in [0.3, 0.4) is 0 Å². The minimum absolute atomic E-state index is 0.0191. The number of hydrogen-bond donors (Lipinski definition) is 1. The van der Waals surface area contributed by atoms with E-state index in [2.05, 4.69) is 10.2 Å². The Morgan fingerprint density at radius 1 is 1.14 bits per heavy atom. The summed E-state index contributed by atoms with van der Waals surface area (Å²) in [5, 5.41) is 7.61. The molecule has 1 N–H and O–H groups in total. The Morgan fingerprint density at radius 3 is 2.71 bits per heavy atom. The maximum Gasteiger partial charge on any atom is 0.338 e. The van der Waals surface area contributed by atoms with Gasteiger partial charge in [-0.25, -0.2) is 4.79 Å². The van der Waals surface area contributed by atoms with Gasteiger partial charge in [-0.15, -0.1) is 0 Å². The largest absolute Gasteiger partial charge is 0.451 e. The lowest BCUT2D eigenvalue weighted by Crippen LogP contribution is -2.26. The average Bonchev–Trinajstić information content (AvgIpc) is 3.32. The Kier molecular flexibility index (Phi) is 4.43. The molecule has 1 atom stereocenters. The lowest BCUT2D eigenvalue weighted by Gasteiger charge is -2.16. The number of benzene rings is 2. The number of ether oxygens (including phenoxy) is 1. The predicted octanol–water partition coefficient (Wildman–Crippen LogP) is 2.90. The molecule has 1 aliphatic rings. The second-order valence-electron chi connectivity index (χ2n) is 6.85. The standard InChI is InChI=1S/C21H19N3O4/c1-12(28-21(27)16-3-4-17-11-22-23-18(17)10-16)20(26)15-5-6-19-14(9-15)7-8-24(19)13(2)25/h3-6,9-12H,7-8H2,1-2H3,(H,22,23)/t12-/m1/s1. The van der Waals surface area contributed by atoms with Crippen molar-refractivity contribution in [1.82, 2.24) is 10.2 Å². The lowest BCUT2D eigenvalue weighted by molar-refractivity contribution is -0.116. The van der Waals surface area contributed by atoms with Crippen molar-refractivity contribution in [2.45, 2.75) is 26.4 Å². The molecule has 2 heterocycles. The van der Waals surface area contributed by atoms with E-state index >= 15 is 0 Å². The van der Waals surface area contributed by atoms with Gasteiger partial charge in [-0.05, 0) is 49.2 Å². The highest BCUT2D eigenvalue weighted by Gasteiger charge is 2.25. The molecule has 0 saturated heterocycles. The number of anilines is 1. The fraction of sp³-hybridized carbons (Fsp3) is 0.238. The molecule has 0 bridgehead atoms. The van der Waals surface area contributed by atoms with Gasteiger partial charge in [0, 0.05) is 30.1 Å². The van der Waals surface area contributed by atoms with Gasteiger partial charge in [-0.3, -0.25) is 14.7 Å². The summed E-state index contributed by atoms with van der Waals surface area (Å²) in [7, 11) is 0. The van der Waals surface area contributed by atoms with Crippen molar-refractivity contribution in [3.05, 3.63) is 59.3 Å². The van der Waals surface area contributed by atoms with E-state index in [4.69, 9.17) is 4.74 Å². The van der Waals surface area contributed by atoms with Crippen LogP contribution in [0.15, 0.2) is 42.6 Å². The summed E-state index contributed by atoms with van der Waals surface area (Å²) in [4.78, 5) is 38.5. The number of nitrogens with zero attached hydrogens (tertiary/aromatic N) is 2. The second kappa shape index (κ2) is 6.92. The van der Waals surface area contributed by atoms with E-state index in [0.717, 1.165) is 22.2 Å². The summed E-state index contributed by atoms with van der Waals surface area (Å²) in [6, 6.07) is 10.3. The number of carbonyl (C=O) groups is 3. The number of aromatic nitrogens is 2. The van der Waals surface area contributed by atoms with Crippen LogP contribution in [-0.2, 0) is 16.0 Å². The molecule has 0 spiro atoms. The summed E-state index contributed by atoms with van der Waals surface area (Å²) in [6.07, 6.45) is 1.44. The zero-order valence-electron chi connectivity index (χ0n) is 15.6. The quantitative estimate of drug-likeness (QED) is 0.557. The highest BCUT2D eigenvalue weighted by Crippen LogP contribution is 2.29. The van der Waals surface area contributed by atoms with E-state index in [9.17, 15) is 14.4 Å². The Hall–Kier alpha value is -3.48. The number of aromatic amines is 1. The number of esters is 1. The van der Waals surface area contributed by atoms with Crippen LogP contribution in [0.5, 0.6) is 0 Å². The topological polar surface area (TPSA) is 92.4 Å². The van der Waals surface area contributed by atoms with Crippen LogP contribution in [0.1, 0.15) is 40.1 Å². The normalized spacial score (nSPS) is 14.0. The van der Waals surface area contributed by atoms with Crippen LogP contribution in [-0.4, -0.2) is 40.5 Å². The van der Waals surface area contributed by atoms with Crippen LogP contribution in [0.2, 0.25) is 0 Å². The minimum atomic E-state index is -0.923. The lowest BCUT2D eigenvalue weighted by atomic mass is 10.0. The Morgan fingerprint density at radius 2 is 1.93 bits per heavy atom. The van der Waals surface area contributed by atoms with Gasteiger partial charge in [-0.2, -0.15) is 5.10 Å². The minimum Gasteiger partial charge on any atom is -0.451 e. The van der Waals surface area contributed by atoms with Crippen molar-refractivity contribution in [3.8, 4) is 0 Å². The number of amides is 1. The summed E-state index contributed by atoms with van der Waals surface area (Å²) in [5.41, 5.74) is 3.32. The predicted molar refractivity (Wildman–Crippen MR) is 103 cm³/mol. The molecule has 3 aromatic rings. The smallest absolute Gasteiger partial charge is 0.338 e. The number of hydrogen-bond acceptors (Lipinski definition) is 5. The maximum atomic E-state index is 12.7. The van der Waals surface area contributed by atoms with Crippen molar-refractivity contribution < 1.29 is 19.1 Å². The van der Waals surface area contributed by atoms with Crippen LogP contribution in [0.4, 0.5) is 5.69 Å². The first-order chi connectivity index (χ1) is 13.4. The number of H-pyrrole nitrogens is 1. The van der Waals surface area contributed by atoms with E-state index in [-0.39, 0.29) is 11.7 Å². The first kappa shape index (κ1) is 17.9. The summed E-state index contributed by atoms with van der Waals surface area (Å²) in [6.45, 7) is 3.70. The zero-order valence-corrected chi connectivity index (χ0v) is 15.6. The van der Waals surface area contributed by atoms with Crippen LogP contribution >= 0.6 is 0 Å². The fourth-order valence-corrected chi connectivity index (χ4v) is 3.46. The Balaban J connectivity index is 1.49. The van der Waals surface area contributed by atoms with Gasteiger partial charge >= 0.3 is 5.97 Å². The maximum absolute atomic E-state index is 12.7. The van der Waals surface area contributed by atoms with E-state index in [1.165, 1.54) is 6.92 Å². The number of fused-ring (bicyclic) bond motifs is 2. The van der Waals surface area contributed by atoms with Gasteiger partial charge in [0.25, 0.3) is 0 Å². The van der Waals surface area contributed by atoms with Gasteiger partial charge < -0.3 is 9.64 Å². The van der Waals surface area contributed by atoms with Crippen LogP contribution in [0, 0.1) is 0 Å². The molecule has 0 fully saturated rings. The SMILES string of the molecule is CC(=O)N1CCc2cc(C(=O)[C@@H](C)OC(=O)c3ccc4cn[nH]c4c3)ccc21. The number of nitrogens with one attached hydrogen (secondary N) is 1. The molecule has 1 aromatic heterocycles. The van der Waals surface area contributed by atoms with Crippen molar-refractivity contribution >= 4 is 34.3 Å². The number of rotatable bonds is 4. The van der Waals surface area contributed by atoms with Crippen molar-refractivity contribution in [2.24, 2.45) is 0 Å². The fourth-order valence-electron chi connectivity index (χ4n) is 3.46. The molecule has 1 amide bonds. The Bertz CT molecular complexity index is 1100. The summed E-state index contributed by atoms with van der Waals surface area (Å²) in [5.74, 6) is -0.865. The van der Waals surface area contributed by atoms with Crippen molar-refractivity contribution in [3.63, 3.8) is 0 Å². The number of ketones is 1. The monoisotopic (exact) mass is 377 g/mol. The molecule has 7 nitrogen and oxygen atoms in total. The van der Waals surface area contributed by atoms with Crippen molar-refractivity contribution in [1.29, 1.82) is 0 Å². The van der Waals surface area contributed by atoms with Gasteiger partial charge in [0.15, 0.2) is 6.10 Å². The molecule has 4 rings (SSSR count). The van der Waals surface area contributed by atoms with Gasteiger partial charge in [0.1, 0.15) is 0 Å². The molecule has 2 aromatic carbocycles. The number of Topliss-reactive ketones (excluding diaryl/α,β-unsaturated/α-hetero) is 1. The second-order valence-corrected chi connectivity index (χ2v) is 6.85. The molecular weight excluding hydrogens is 358 g/mol. The van der Waals surface area contributed by atoms with E-state index in [1.54, 1.807) is 54.4 Å². The molecular formula is C21H19N3O4. The molecule has 28 heavy (non-hydrogen) atoms. The third-order valence-corrected chi connectivity index (χ3v) is 4.97. The zero-order chi connectivity index (χ0) is 19.8. The van der Waals surface area contributed by atoms with E-state index in [0.29, 0.717) is 24.1 Å². The van der Waals surface area contributed by atoms with Gasteiger partial charge in [0.05, 0.1) is 17.3 Å². The van der Waals surface area contributed by atoms with Crippen LogP contribution in [0.25, 0.3) is 10.9 Å². The molecule has 0 saturated carbocycles. The van der Waals surface area contributed by atoms with Gasteiger partial charge in [-0.1, -0.05) is 6.07 Å². The van der Waals surface area contributed by atoms with Crippen LogP contribution < -0.4 is 4.90 Å². The summed E-state index contributed by atoms with van der Waals surface area (Å²) >= 11 is 0. The van der Waals surface area contributed by atoms with E-state index < -0.39 is 12.1 Å². The molecule has 0 unspecified atom stereocenters. The number of carbonyl (C=O) groups excluding carboxylic acids is 3. The molecule has 7 heteroatoms. The highest BCUT2D eigenvalue weighted by molar-refractivity contribution is 6.03.